The van der Waals surface area contributed by atoms with Gasteiger partial charge in [-0.05, 0) is 63.6 Å². The highest BCUT2D eigenvalue weighted by molar-refractivity contribution is 14.2. The minimum Gasteiger partial charge on any atom is -0.484 e. The molecule has 0 saturated heterocycles. The van der Waals surface area contributed by atoms with E-state index < -0.39 is 0 Å². The fraction of sp³-hybridized carbons (Fsp3) is 0.857. The van der Waals surface area contributed by atoms with Crippen molar-refractivity contribution in [3.63, 3.8) is 0 Å². The number of aliphatic imine (C=N–C) groups is 1. The summed E-state index contributed by atoms with van der Waals surface area (Å²) < 4.78 is 10.3. The smallest absolute Gasteiger partial charge is 0.182 e. The van der Waals surface area contributed by atoms with Crippen molar-refractivity contribution in [3.05, 3.63) is 0 Å². The second-order valence-electron chi connectivity index (χ2n) is 8.33. The third kappa shape index (κ3) is 8.32. The van der Waals surface area contributed by atoms with Gasteiger partial charge in [0.05, 0.1) is 19.8 Å². The molecule has 2 rings (SSSR count). The second kappa shape index (κ2) is 13.8. The average molecular weight is 521 g/mol. The number of nitrogens with two attached hydrogens (primary N) is 1. The Morgan fingerprint density at radius 1 is 1.41 bits per heavy atom. The van der Waals surface area contributed by atoms with Crippen LogP contribution in [0.25, 0.3) is 0 Å². The van der Waals surface area contributed by atoms with Gasteiger partial charge in [0, 0.05) is 35.5 Å². The minimum atomic E-state index is 0.0250. The zero-order valence-electron chi connectivity index (χ0n) is 18.1. The van der Waals surface area contributed by atoms with E-state index in [1.54, 1.807) is 13.3 Å². The number of ether oxygens (including phenoxy) is 1. The number of nitrogens with zero attached hydrogens (tertiary/aromatic N) is 1. The van der Waals surface area contributed by atoms with E-state index >= 15 is 0 Å². The Labute approximate surface area is 186 Å². The second-order valence-corrected chi connectivity index (χ2v) is 10.8. The van der Waals surface area contributed by atoms with Crippen molar-refractivity contribution < 1.29 is 4.74 Å². The van der Waals surface area contributed by atoms with Crippen molar-refractivity contribution in [1.82, 2.24) is 16.0 Å². The highest BCUT2D eigenvalue weighted by Crippen LogP contribution is 2.39. The van der Waals surface area contributed by atoms with Crippen molar-refractivity contribution in [2.45, 2.75) is 61.1 Å². The summed E-state index contributed by atoms with van der Waals surface area (Å²) in [4.78, 5) is 4.43. The van der Waals surface area contributed by atoms with Crippen molar-refractivity contribution in [3.8, 4) is 0 Å². The molecule has 0 aromatic carbocycles. The molecule has 2 aliphatic rings. The summed E-state index contributed by atoms with van der Waals surface area (Å²) in [5.41, 5.74) is 6.25. The maximum Gasteiger partial charge on any atom is 0.182 e. The van der Waals surface area contributed by atoms with Gasteiger partial charge in [-0.3, -0.25) is 10.3 Å². The van der Waals surface area contributed by atoms with E-state index in [2.05, 4.69) is 25.5 Å². The Bertz CT molecular complexity index is 531. The van der Waals surface area contributed by atoms with E-state index in [0.717, 1.165) is 54.8 Å². The van der Waals surface area contributed by atoms with Crippen LogP contribution in [0.4, 0.5) is 0 Å². The summed E-state index contributed by atoms with van der Waals surface area (Å²) in [5.74, 6) is 2.47. The zero-order chi connectivity index (χ0) is 21.1. The van der Waals surface area contributed by atoms with E-state index in [1.165, 1.54) is 25.7 Å². The Morgan fingerprint density at radius 2 is 2.24 bits per heavy atom. The number of rotatable bonds is 12. The molecule has 6 atom stereocenters. The topological polar surface area (TPSA) is 108 Å². The van der Waals surface area contributed by atoms with E-state index in [0.29, 0.717) is 17.9 Å². The molecule has 1 fully saturated rings. The molecule has 1 heterocycles. The van der Waals surface area contributed by atoms with Gasteiger partial charge in [0.1, 0.15) is 0 Å². The van der Waals surface area contributed by atoms with Gasteiger partial charge in [0.15, 0.2) is 5.90 Å². The first-order chi connectivity index (χ1) is 14.1. The molecule has 0 aromatic rings. The van der Waals surface area contributed by atoms with Crippen LogP contribution in [0.3, 0.4) is 0 Å². The summed E-state index contributed by atoms with van der Waals surface area (Å²) >= 11 is 0.0250. The predicted octanol–water partition coefficient (Wildman–Crippen LogP) is 2.07. The number of nitrogens with one attached hydrogen (secondary N) is 4. The predicted molar refractivity (Wildman–Crippen MR) is 133 cm³/mol. The molecule has 8 heteroatoms. The Balaban J connectivity index is 1.68. The maximum absolute atomic E-state index is 7.83. The summed E-state index contributed by atoms with van der Waals surface area (Å²) in [6, 6.07) is 0.414. The van der Waals surface area contributed by atoms with Crippen LogP contribution in [-0.2, 0) is 4.74 Å². The molecule has 0 radical (unpaired) electrons. The lowest BCUT2D eigenvalue weighted by molar-refractivity contribution is 0.218. The van der Waals surface area contributed by atoms with Gasteiger partial charge in [0.25, 0.3) is 0 Å². The van der Waals surface area contributed by atoms with E-state index in [1.807, 2.05) is 7.05 Å². The molecule has 0 amide bonds. The molecule has 1 saturated carbocycles. The van der Waals surface area contributed by atoms with E-state index in [-0.39, 0.29) is 26.9 Å². The molecular weight excluding hydrogens is 479 g/mol. The van der Waals surface area contributed by atoms with Crippen LogP contribution in [0.2, 0.25) is 0 Å². The van der Waals surface area contributed by atoms with Gasteiger partial charge in [-0.15, -0.1) is 20.7 Å². The third-order valence-electron chi connectivity index (χ3n) is 6.47. The van der Waals surface area contributed by atoms with Gasteiger partial charge in [-0.25, -0.2) is 0 Å². The average Bonchev–Trinajstić information content (AvgIpc) is 2.78. The van der Waals surface area contributed by atoms with Crippen LogP contribution in [0, 0.1) is 23.2 Å². The lowest BCUT2D eigenvalue weighted by atomic mass is 9.77. The first kappa shape index (κ1) is 24.8. The first-order valence-electron chi connectivity index (χ1n) is 10.9. The highest BCUT2D eigenvalue weighted by Gasteiger charge is 2.31. The van der Waals surface area contributed by atoms with Crippen LogP contribution in [0.1, 0.15) is 44.9 Å². The van der Waals surface area contributed by atoms with E-state index in [4.69, 9.17) is 15.9 Å². The lowest BCUT2D eigenvalue weighted by Crippen LogP contribution is -2.45. The van der Waals surface area contributed by atoms with Crippen molar-refractivity contribution in [1.29, 1.82) is 5.41 Å². The fourth-order valence-electron chi connectivity index (χ4n) is 4.49. The third-order valence-corrected chi connectivity index (χ3v) is 9.24. The molecule has 5 unspecified atom stereocenters. The highest BCUT2D eigenvalue weighted by atomic mass is 127. The normalized spacial score (nSPS) is 29.7. The molecule has 29 heavy (non-hydrogen) atoms. The number of alkyl halides is 1. The molecule has 0 spiro atoms. The lowest BCUT2D eigenvalue weighted by Gasteiger charge is -2.37. The fourth-order valence-corrected chi connectivity index (χ4v) is 6.66. The standard InChI is InChI=1S/C21H41IN6O/c1-22-19-8-6-17(21(24)25-2)10-16(19)5-4-15(11-23)12-26-14-28-18-7-9-20(29-3)27-13-18/h11,15-19,21,23,25-26,28H,1,4-10,12-14,24H2,2-3H3/t15?,16?,17?,18-,19?,21?/m0/s1. The van der Waals surface area contributed by atoms with Gasteiger partial charge in [-0.2, -0.15) is 0 Å². The van der Waals surface area contributed by atoms with Crippen molar-refractivity contribution >= 4 is 37.4 Å². The number of halogens is 1. The van der Waals surface area contributed by atoms with Crippen molar-refractivity contribution in [2.75, 3.05) is 33.9 Å². The van der Waals surface area contributed by atoms with Gasteiger partial charge < -0.3 is 26.5 Å². The minimum absolute atomic E-state index is 0.0250. The molecule has 0 aromatic heterocycles. The summed E-state index contributed by atoms with van der Waals surface area (Å²) in [5, 5.41) is 18.1. The largest absolute Gasteiger partial charge is 0.484 e. The number of hydrogen-bond donors (Lipinski definition) is 5. The SMILES string of the molecule is C=IC1CCC(C(N)NC)CC1CCC(C=N)CNCN[C@H]1CCC(OC)=NC1. The molecule has 168 valence electrons. The summed E-state index contributed by atoms with van der Waals surface area (Å²) in [6.07, 6.45) is 9.71. The number of methoxy groups -OCH3 is 1. The first-order valence-corrected chi connectivity index (χ1v) is 13.7. The Kier molecular flexibility index (Phi) is 11.8. The maximum atomic E-state index is 7.83. The quantitative estimate of drug-likeness (QED) is 0.0891. The van der Waals surface area contributed by atoms with Gasteiger partial charge in [0.2, 0.25) is 0 Å². The van der Waals surface area contributed by atoms with Gasteiger partial charge >= 0.3 is 0 Å². The molecule has 6 N–H and O–H groups in total. The van der Waals surface area contributed by atoms with Crippen LogP contribution in [0.15, 0.2) is 4.99 Å². The monoisotopic (exact) mass is 520 g/mol. The summed E-state index contributed by atoms with van der Waals surface area (Å²) in [7, 11) is 3.65. The molecule has 7 nitrogen and oxygen atoms in total. The molecule has 1 aliphatic carbocycles. The molecule has 1 aliphatic heterocycles. The summed E-state index contributed by atoms with van der Waals surface area (Å²) in [6.45, 7) is 2.40. The number of hydrogen-bond acceptors (Lipinski definition) is 7. The Hall–Kier alpha value is -0.420. The Morgan fingerprint density at radius 3 is 2.86 bits per heavy atom. The van der Waals surface area contributed by atoms with Crippen LogP contribution in [0.5, 0.6) is 0 Å². The van der Waals surface area contributed by atoms with Crippen LogP contribution < -0.4 is 21.7 Å². The van der Waals surface area contributed by atoms with Crippen molar-refractivity contribution in [2.24, 2.45) is 28.5 Å². The zero-order valence-corrected chi connectivity index (χ0v) is 20.3. The molecular formula is C21H41IN6O. The van der Waals surface area contributed by atoms with Crippen LogP contribution in [-0.4, -0.2) is 66.7 Å². The van der Waals surface area contributed by atoms with Gasteiger partial charge in [-0.1, -0.05) is 4.51 Å². The van der Waals surface area contributed by atoms with Crippen LogP contribution >= 0.6 is 20.7 Å². The molecule has 0 bridgehead atoms. The van der Waals surface area contributed by atoms with E-state index in [9.17, 15) is 0 Å².